The Hall–Kier alpha value is -0.570. The zero-order valence-electron chi connectivity index (χ0n) is 8.66. The molecule has 13 heavy (non-hydrogen) atoms. The van der Waals surface area contributed by atoms with Gasteiger partial charge in [-0.1, -0.05) is 20.8 Å². The van der Waals surface area contributed by atoms with Crippen LogP contribution in [0.4, 0.5) is 0 Å². The van der Waals surface area contributed by atoms with Gasteiger partial charge in [-0.2, -0.15) is 0 Å². The summed E-state index contributed by atoms with van der Waals surface area (Å²) in [5.41, 5.74) is 0. The topological polar surface area (TPSA) is 40.5 Å². The maximum absolute atomic E-state index is 11.4. The molecular formula is C10H19NO2. The highest BCUT2D eigenvalue weighted by Gasteiger charge is 2.28. The van der Waals surface area contributed by atoms with E-state index in [0.717, 1.165) is 6.54 Å². The summed E-state index contributed by atoms with van der Waals surface area (Å²) in [7, 11) is 0. The third-order valence-corrected chi connectivity index (χ3v) is 2.58. The molecule has 1 amide bonds. The van der Waals surface area contributed by atoms with Crippen LogP contribution in [0.5, 0.6) is 0 Å². The maximum atomic E-state index is 11.4. The Morgan fingerprint density at radius 1 is 1.62 bits per heavy atom. The molecule has 3 heteroatoms. The summed E-state index contributed by atoms with van der Waals surface area (Å²) in [4.78, 5) is 13.1. The molecule has 0 radical (unpaired) electrons. The second kappa shape index (κ2) is 4.09. The van der Waals surface area contributed by atoms with Crippen LogP contribution in [0, 0.1) is 11.8 Å². The van der Waals surface area contributed by atoms with Gasteiger partial charge < -0.3 is 10.0 Å². The van der Waals surface area contributed by atoms with Gasteiger partial charge in [0.25, 0.3) is 0 Å². The average Bonchev–Trinajstić information content (AvgIpc) is 2.30. The van der Waals surface area contributed by atoms with Crippen molar-refractivity contribution < 1.29 is 9.90 Å². The number of likely N-dealkylation sites (tertiary alicyclic amines) is 1. The van der Waals surface area contributed by atoms with Crippen LogP contribution >= 0.6 is 0 Å². The van der Waals surface area contributed by atoms with E-state index in [1.54, 1.807) is 4.90 Å². The number of carbonyl (C=O) groups excluding carboxylic acids is 1. The molecule has 0 aromatic heterocycles. The first-order chi connectivity index (χ1) is 6.00. The molecule has 76 valence electrons. The van der Waals surface area contributed by atoms with E-state index in [9.17, 15) is 9.90 Å². The molecule has 1 aliphatic rings. The largest absolute Gasteiger partial charge is 0.391 e. The Kier molecular flexibility index (Phi) is 3.31. The molecule has 1 N–H and O–H groups in total. The zero-order chi connectivity index (χ0) is 10.0. The highest BCUT2D eigenvalue weighted by Crippen LogP contribution is 2.17. The molecule has 3 nitrogen and oxygen atoms in total. The second-order valence-electron chi connectivity index (χ2n) is 4.42. The van der Waals surface area contributed by atoms with Gasteiger partial charge in [0, 0.05) is 19.5 Å². The van der Waals surface area contributed by atoms with Crippen molar-refractivity contribution in [2.24, 2.45) is 11.8 Å². The summed E-state index contributed by atoms with van der Waals surface area (Å²) < 4.78 is 0. The van der Waals surface area contributed by atoms with Crippen molar-refractivity contribution in [3.63, 3.8) is 0 Å². The van der Waals surface area contributed by atoms with E-state index in [0.29, 0.717) is 18.9 Å². The molecule has 0 saturated carbocycles. The van der Waals surface area contributed by atoms with Crippen molar-refractivity contribution in [1.29, 1.82) is 0 Å². The van der Waals surface area contributed by atoms with Crippen LogP contribution in [0.25, 0.3) is 0 Å². The lowest BCUT2D eigenvalue weighted by molar-refractivity contribution is -0.129. The second-order valence-corrected chi connectivity index (χ2v) is 4.42. The van der Waals surface area contributed by atoms with Gasteiger partial charge in [-0.15, -0.1) is 0 Å². The van der Waals surface area contributed by atoms with Crippen molar-refractivity contribution in [3.8, 4) is 0 Å². The summed E-state index contributed by atoms with van der Waals surface area (Å²) in [5.74, 6) is 0.864. The Bertz CT molecular complexity index is 191. The molecule has 2 atom stereocenters. The van der Waals surface area contributed by atoms with E-state index in [1.165, 1.54) is 0 Å². The van der Waals surface area contributed by atoms with Gasteiger partial charge in [0.1, 0.15) is 0 Å². The molecule has 2 unspecified atom stereocenters. The van der Waals surface area contributed by atoms with Crippen molar-refractivity contribution in [1.82, 2.24) is 4.90 Å². The van der Waals surface area contributed by atoms with Crippen molar-refractivity contribution in [2.75, 3.05) is 13.1 Å². The van der Waals surface area contributed by atoms with Crippen LogP contribution in [0.2, 0.25) is 0 Å². The smallest absolute Gasteiger partial charge is 0.223 e. The van der Waals surface area contributed by atoms with Crippen LogP contribution in [-0.4, -0.2) is 35.1 Å². The number of hydrogen-bond acceptors (Lipinski definition) is 2. The number of hydrogen-bond donors (Lipinski definition) is 1. The number of rotatable bonds is 3. The SMILES string of the molecule is CC1CC(=O)N(CC(O)C(C)C)C1. The molecule has 0 aromatic carbocycles. The standard InChI is InChI=1S/C10H19NO2/c1-7(2)9(12)6-11-5-8(3)4-10(11)13/h7-9,12H,4-6H2,1-3H3. The van der Waals surface area contributed by atoms with Gasteiger partial charge in [0.15, 0.2) is 0 Å². The van der Waals surface area contributed by atoms with Crippen LogP contribution in [-0.2, 0) is 4.79 Å². The quantitative estimate of drug-likeness (QED) is 0.709. The highest BCUT2D eigenvalue weighted by atomic mass is 16.3. The number of β-amino-alcohol motifs (C(OH)–C–C–N with tert-alkyl or cyclic N) is 1. The molecule has 0 spiro atoms. The summed E-state index contributed by atoms with van der Waals surface area (Å²) in [6.07, 6.45) is 0.263. The lowest BCUT2D eigenvalue weighted by atomic mass is 10.1. The Balaban J connectivity index is 2.41. The normalized spacial score (nSPS) is 25.8. The average molecular weight is 185 g/mol. The van der Waals surface area contributed by atoms with Gasteiger partial charge in [-0.25, -0.2) is 0 Å². The van der Waals surface area contributed by atoms with Crippen molar-refractivity contribution in [2.45, 2.75) is 33.3 Å². The minimum absolute atomic E-state index is 0.187. The number of amides is 1. The molecule has 1 aliphatic heterocycles. The summed E-state index contributed by atoms with van der Waals surface area (Å²) in [5, 5.41) is 9.60. The minimum atomic E-state index is -0.380. The fraction of sp³-hybridized carbons (Fsp3) is 0.900. The van der Waals surface area contributed by atoms with Crippen LogP contribution in [0.1, 0.15) is 27.2 Å². The number of aliphatic hydroxyl groups excluding tert-OH is 1. The van der Waals surface area contributed by atoms with Gasteiger partial charge in [-0.3, -0.25) is 4.79 Å². The van der Waals surface area contributed by atoms with Crippen LogP contribution < -0.4 is 0 Å². The Labute approximate surface area is 79.7 Å². The molecule has 1 heterocycles. The molecule has 0 bridgehead atoms. The molecule has 0 aliphatic carbocycles. The first kappa shape index (κ1) is 10.5. The molecule has 1 fully saturated rings. The van der Waals surface area contributed by atoms with Crippen LogP contribution in [0.3, 0.4) is 0 Å². The number of nitrogens with zero attached hydrogens (tertiary/aromatic N) is 1. The van der Waals surface area contributed by atoms with E-state index >= 15 is 0 Å². The van der Waals surface area contributed by atoms with Crippen molar-refractivity contribution >= 4 is 5.91 Å². The third kappa shape index (κ3) is 2.69. The van der Waals surface area contributed by atoms with Gasteiger partial charge in [0.2, 0.25) is 5.91 Å². The zero-order valence-corrected chi connectivity index (χ0v) is 8.66. The van der Waals surface area contributed by atoms with Gasteiger partial charge in [-0.05, 0) is 11.8 Å². The first-order valence-electron chi connectivity index (χ1n) is 4.96. The van der Waals surface area contributed by atoms with E-state index in [1.807, 2.05) is 13.8 Å². The lowest BCUT2D eigenvalue weighted by Gasteiger charge is -2.22. The fourth-order valence-corrected chi connectivity index (χ4v) is 1.58. The van der Waals surface area contributed by atoms with Crippen LogP contribution in [0.15, 0.2) is 0 Å². The van der Waals surface area contributed by atoms with Gasteiger partial charge >= 0.3 is 0 Å². The van der Waals surface area contributed by atoms with E-state index in [2.05, 4.69) is 6.92 Å². The predicted molar refractivity (Wildman–Crippen MR) is 51.2 cm³/mol. The number of aliphatic hydroxyl groups is 1. The monoisotopic (exact) mass is 185 g/mol. The molecule has 1 rings (SSSR count). The summed E-state index contributed by atoms with van der Waals surface area (Å²) in [6.45, 7) is 7.31. The fourth-order valence-electron chi connectivity index (χ4n) is 1.58. The molecular weight excluding hydrogens is 166 g/mol. The van der Waals surface area contributed by atoms with E-state index < -0.39 is 0 Å². The van der Waals surface area contributed by atoms with E-state index in [-0.39, 0.29) is 17.9 Å². The highest BCUT2D eigenvalue weighted by molar-refractivity contribution is 5.78. The lowest BCUT2D eigenvalue weighted by Crippen LogP contribution is -2.36. The maximum Gasteiger partial charge on any atom is 0.223 e. The predicted octanol–water partition coefficient (Wildman–Crippen LogP) is 0.872. The molecule has 0 aromatic rings. The third-order valence-electron chi connectivity index (χ3n) is 2.58. The first-order valence-corrected chi connectivity index (χ1v) is 4.96. The van der Waals surface area contributed by atoms with Gasteiger partial charge in [0.05, 0.1) is 6.10 Å². The Morgan fingerprint density at radius 2 is 2.23 bits per heavy atom. The number of carbonyl (C=O) groups is 1. The summed E-state index contributed by atoms with van der Waals surface area (Å²) >= 11 is 0. The minimum Gasteiger partial charge on any atom is -0.391 e. The Morgan fingerprint density at radius 3 is 2.62 bits per heavy atom. The summed E-state index contributed by atoms with van der Waals surface area (Å²) in [6, 6.07) is 0. The molecule has 1 saturated heterocycles. The van der Waals surface area contributed by atoms with E-state index in [4.69, 9.17) is 0 Å². The van der Waals surface area contributed by atoms with Crippen molar-refractivity contribution in [3.05, 3.63) is 0 Å².